The number of rotatable bonds is 7. The molecule has 0 radical (unpaired) electrons. The van der Waals surface area contributed by atoms with E-state index in [1.807, 2.05) is 19.1 Å². The highest BCUT2D eigenvalue weighted by Gasteiger charge is 2.12. The van der Waals surface area contributed by atoms with Gasteiger partial charge in [-0.05, 0) is 31.0 Å². The quantitative estimate of drug-likeness (QED) is 0.449. The van der Waals surface area contributed by atoms with Crippen molar-refractivity contribution in [1.29, 1.82) is 0 Å². The number of hydrogen-bond donors (Lipinski definition) is 2. The summed E-state index contributed by atoms with van der Waals surface area (Å²) >= 11 is 0. The number of methoxy groups -OCH3 is 1. The lowest BCUT2D eigenvalue weighted by molar-refractivity contribution is 0.174. The molecule has 21 heavy (non-hydrogen) atoms. The Hall–Kier alpha value is -1.95. The van der Waals surface area contributed by atoms with Gasteiger partial charge in [0.05, 0.1) is 13.2 Å². The third-order valence-corrected chi connectivity index (χ3v) is 3.05. The van der Waals surface area contributed by atoms with Crippen molar-refractivity contribution in [2.45, 2.75) is 13.3 Å². The molecule has 0 saturated carbocycles. The SMILES string of the molecule is CCNC(=NCCOC)NCCc1ccc2c(c1)OCO2. The van der Waals surface area contributed by atoms with E-state index in [-0.39, 0.29) is 0 Å². The van der Waals surface area contributed by atoms with E-state index in [1.54, 1.807) is 7.11 Å². The van der Waals surface area contributed by atoms with Crippen molar-refractivity contribution in [3.63, 3.8) is 0 Å². The van der Waals surface area contributed by atoms with Gasteiger partial charge in [-0.2, -0.15) is 0 Å². The maximum absolute atomic E-state index is 5.38. The molecule has 0 fully saturated rings. The first-order chi connectivity index (χ1) is 10.3. The average Bonchev–Trinajstić information content (AvgIpc) is 2.95. The molecule has 0 amide bonds. The number of aliphatic imine (C=N–C) groups is 1. The number of benzene rings is 1. The Bertz CT molecular complexity index is 477. The van der Waals surface area contributed by atoms with Crippen LogP contribution >= 0.6 is 0 Å². The fraction of sp³-hybridized carbons (Fsp3) is 0.533. The van der Waals surface area contributed by atoms with E-state index in [9.17, 15) is 0 Å². The second-order valence-corrected chi connectivity index (χ2v) is 4.62. The van der Waals surface area contributed by atoms with Gasteiger partial charge in [-0.15, -0.1) is 0 Å². The van der Waals surface area contributed by atoms with Crippen LogP contribution in [0.4, 0.5) is 0 Å². The second-order valence-electron chi connectivity index (χ2n) is 4.62. The molecule has 6 heteroatoms. The molecular formula is C15H23N3O3. The van der Waals surface area contributed by atoms with Crippen molar-refractivity contribution in [1.82, 2.24) is 10.6 Å². The summed E-state index contributed by atoms with van der Waals surface area (Å²) in [4.78, 5) is 4.42. The molecule has 1 heterocycles. The maximum atomic E-state index is 5.38. The molecule has 116 valence electrons. The number of fused-ring (bicyclic) bond motifs is 1. The minimum Gasteiger partial charge on any atom is -0.454 e. The van der Waals surface area contributed by atoms with Crippen molar-refractivity contribution < 1.29 is 14.2 Å². The molecule has 1 aromatic carbocycles. The Morgan fingerprint density at radius 1 is 1.29 bits per heavy atom. The van der Waals surface area contributed by atoms with Crippen LogP contribution in [-0.2, 0) is 11.2 Å². The van der Waals surface area contributed by atoms with Gasteiger partial charge in [-0.3, -0.25) is 4.99 Å². The van der Waals surface area contributed by atoms with Gasteiger partial charge in [0.1, 0.15) is 0 Å². The number of nitrogens with zero attached hydrogens (tertiary/aromatic N) is 1. The summed E-state index contributed by atoms with van der Waals surface area (Å²) in [6.07, 6.45) is 0.894. The van der Waals surface area contributed by atoms with E-state index in [4.69, 9.17) is 14.2 Å². The highest BCUT2D eigenvalue weighted by atomic mass is 16.7. The number of guanidine groups is 1. The monoisotopic (exact) mass is 293 g/mol. The molecule has 1 aliphatic rings. The normalized spacial score (nSPS) is 13.3. The first kappa shape index (κ1) is 15.4. The summed E-state index contributed by atoms with van der Waals surface area (Å²) in [5.41, 5.74) is 1.21. The molecule has 0 bridgehead atoms. The van der Waals surface area contributed by atoms with Crippen LogP contribution in [-0.4, -0.2) is 46.1 Å². The van der Waals surface area contributed by atoms with Crippen LogP contribution in [0.2, 0.25) is 0 Å². The molecule has 0 atom stereocenters. The van der Waals surface area contributed by atoms with Crippen LogP contribution in [0.15, 0.2) is 23.2 Å². The van der Waals surface area contributed by atoms with Crippen LogP contribution in [0.3, 0.4) is 0 Å². The van der Waals surface area contributed by atoms with Crippen LogP contribution in [0.25, 0.3) is 0 Å². The topological polar surface area (TPSA) is 64.1 Å². The Morgan fingerprint density at radius 2 is 2.14 bits per heavy atom. The first-order valence-electron chi connectivity index (χ1n) is 7.23. The highest BCUT2D eigenvalue weighted by Crippen LogP contribution is 2.32. The zero-order chi connectivity index (χ0) is 14.9. The largest absolute Gasteiger partial charge is 0.454 e. The van der Waals surface area contributed by atoms with E-state index in [0.717, 1.165) is 37.0 Å². The number of nitrogens with one attached hydrogen (secondary N) is 2. The molecule has 6 nitrogen and oxygen atoms in total. The highest BCUT2D eigenvalue weighted by molar-refractivity contribution is 5.79. The molecule has 0 spiro atoms. The molecule has 2 N–H and O–H groups in total. The Balaban J connectivity index is 1.80. The smallest absolute Gasteiger partial charge is 0.231 e. The average molecular weight is 293 g/mol. The number of hydrogen-bond acceptors (Lipinski definition) is 4. The van der Waals surface area contributed by atoms with Crippen LogP contribution in [0, 0.1) is 0 Å². The summed E-state index contributed by atoms with van der Waals surface area (Å²) in [5, 5.41) is 6.52. The van der Waals surface area contributed by atoms with Crippen LogP contribution < -0.4 is 20.1 Å². The van der Waals surface area contributed by atoms with E-state index in [2.05, 4.69) is 21.7 Å². The summed E-state index contributed by atoms with van der Waals surface area (Å²) < 4.78 is 15.7. The Kier molecular flexibility index (Phi) is 6.15. The van der Waals surface area contributed by atoms with Crippen molar-refractivity contribution in [3.05, 3.63) is 23.8 Å². The van der Waals surface area contributed by atoms with Crippen LogP contribution in [0.5, 0.6) is 11.5 Å². The van der Waals surface area contributed by atoms with Crippen molar-refractivity contribution in [2.75, 3.05) is 40.1 Å². The first-order valence-corrected chi connectivity index (χ1v) is 7.23. The summed E-state index contributed by atoms with van der Waals surface area (Å²) in [5.74, 6) is 2.46. The van der Waals surface area contributed by atoms with Gasteiger partial charge in [0.15, 0.2) is 17.5 Å². The third-order valence-electron chi connectivity index (χ3n) is 3.05. The van der Waals surface area contributed by atoms with Gasteiger partial charge in [0, 0.05) is 20.2 Å². The fourth-order valence-corrected chi connectivity index (χ4v) is 2.01. The molecule has 1 aromatic rings. The standard InChI is InChI=1S/C15H23N3O3/c1-3-16-15(18-8-9-19-2)17-7-6-12-4-5-13-14(10-12)21-11-20-13/h4-5,10H,3,6-9,11H2,1-2H3,(H2,16,17,18). The molecule has 2 rings (SSSR count). The van der Waals surface area contributed by atoms with Crippen molar-refractivity contribution in [2.24, 2.45) is 4.99 Å². The Labute approximate surface area is 125 Å². The van der Waals surface area contributed by atoms with Gasteiger partial charge in [-0.25, -0.2) is 0 Å². The van der Waals surface area contributed by atoms with Gasteiger partial charge in [0.2, 0.25) is 6.79 Å². The van der Waals surface area contributed by atoms with Crippen molar-refractivity contribution in [3.8, 4) is 11.5 Å². The minimum atomic E-state index is 0.313. The van der Waals surface area contributed by atoms with E-state index < -0.39 is 0 Å². The Morgan fingerprint density at radius 3 is 2.95 bits per heavy atom. The molecule has 0 saturated heterocycles. The van der Waals surface area contributed by atoms with E-state index in [0.29, 0.717) is 19.9 Å². The summed E-state index contributed by atoms with van der Waals surface area (Å²) in [6.45, 7) is 5.27. The maximum Gasteiger partial charge on any atom is 0.231 e. The lowest BCUT2D eigenvalue weighted by atomic mass is 10.1. The number of ether oxygens (including phenoxy) is 3. The lowest BCUT2D eigenvalue weighted by Gasteiger charge is -2.11. The summed E-state index contributed by atoms with van der Waals surface area (Å²) in [7, 11) is 1.68. The van der Waals surface area contributed by atoms with Gasteiger partial charge < -0.3 is 24.8 Å². The van der Waals surface area contributed by atoms with Crippen LogP contribution in [0.1, 0.15) is 12.5 Å². The molecule has 0 aliphatic carbocycles. The van der Waals surface area contributed by atoms with Gasteiger partial charge in [0.25, 0.3) is 0 Å². The minimum absolute atomic E-state index is 0.313. The molecule has 0 unspecified atom stereocenters. The summed E-state index contributed by atoms with van der Waals surface area (Å²) in [6, 6.07) is 6.04. The van der Waals surface area contributed by atoms with E-state index >= 15 is 0 Å². The fourth-order valence-electron chi connectivity index (χ4n) is 2.01. The zero-order valence-electron chi connectivity index (χ0n) is 12.6. The molecule has 0 aromatic heterocycles. The third kappa shape index (κ3) is 4.82. The molecular weight excluding hydrogens is 270 g/mol. The van der Waals surface area contributed by atoms with Crippen molar-refractivity contribution >= 4 is 5.96 Å². The lowest BCUT2D eigenvalue weighted by Crippen LogP contribution is -2.38. The zero-order valence-corrected chi connectivity index (χ0v) is 12.6. The van der Waals surface area contributed by atoms with Gasteiger partial charge in [-0.1, -0.05) is 6.07 Å². The predicted octanol–water partition coefficient (Wildman–Crippen LogP) is 1.16. The molecule has 1 aliphatic heterocycles. The second kappa shape index (κ2) is 8.36. The predicted molar refractivity (Wildman–Crippen MR) is 82.1 cm³/mol. The van der Waals surface area contributed by atoms with Gasteiger partial charge >= 0.3 is 0 Å². The van der Waals surface area contributed by atoms with E-state index in [1.165, 1.54) is 5.56 Å².